The Labute approximate surface area is 57.3 Å². The zero-order valence-corrected chi connectivity index (χ0v) is 6.22. The Morgan fingerprint density at radius 3 is 2.67 bits per heavy atom. The molecule has 0 spiro atoms. The van der Waals surface area contributed by atoms with Gasteiger partial charge in [0.15, 0.2) is 0 Å². The molecule has 52 valence electrons. The molecule has 0 saturated heterocycles. The van der Waals surface area contributed by atoms with Gasteiger partial charge in [-0.15, -0.1) is 0 Å². The van der Waals surface area contributed by atoms with Gasteiger partial charge in [-0.3, -0.25) is 0 Å². The summed E-state index contributed by atoms with van der Waals surface area (Å²) in [6, 6.07) is 0. The summed E-state index contributed by atoms with van der Waals surface area (Å²) >= 11 is 0. The van der Waals surface area contributed by atoms with Crippen molar-refractivity contribution in [1.82, 2.24) is 0 Å². The highest BCUT2D eigenvalue weighted by atomic mass is 14.5. The Balaban J connectivity index is 3.56. The first-order valence-corrected chi connectivity index (χ1v) is 3.20. The van der Waals surface area contributed by atoms with Crippen LogP contribution in [0.5, 0.6) is 0 Å². The number of hydrogen-bond donors (Lipinski definition) is 1. The van der Waals surface area contributed by atoms with Crippen molar-refractivity contribution >= 4 is 0 Å². The van der Waals surface area contributed by atoms with Gasteiger partial charge in [-0.2, -0.15) is 0 Å². The minimum absolute atomic E-state index is 0.474. The van der Waals surface area contributed by atoms with E-state index in [9.17, 15) is 0 Å². The van der Waals surface area contributed by atoms with E-state index < -0.39 is 0 Å². The Hall–Kier alpha value is -0.560. The number of rotatable bonds is 3. The van der Waals surface area contributed by atoms with Crippen molar-refractivity contribution < 1.29 is 0 Å². The van der Waals surface area contributed by atoms with Gasteiger partial charge in [0.2, 0.25) is 0 Å². The van der Waals surface area contributed by atoms with Gasteiger partial charge in [-0.1, -0.05) is 31.2 Å². The van der Waals surface area contributed by atoms with Crippen LogP contribution in [0.2, 0.25) is 0 Å². The molecule has 0 aliphatic rings. The SMILES string of the molecule is C=C(C)/C=C\[C@H](C)CN. The minimum atomic E-state index is 0.474. The Kier molecular flexibility index (Phi) is 4.06. The van der Waals surface area contributed by atoms with Crippen LogP contribution in [0.25, 0.3) is 0 Å². The normalized spacial score (nSPS) is 14.1. The van der Waals surface area contributed by atoms with Gasteiger partial charge < -0.3 is 5.73 Å². The van der Waals surface area contributed by atoms with Crippen LogP contribution in [0, 0.1) is 5.92 Å². The molecule has 0 unspecified atom stereocenters. The molecule has 0 rings (SSSR count). The number of allylic oxidation sites excluding steroid dienone is 2. The zero-order valence-electron chi connectivity index (χ0n) is 6.22. The molecule has 0 aliphatic carbocycles. The van der Waals surface area contributed by atoms with Gasteiger partial charge in [0.25, 0.3) is 0 Å². The molecule has 0 bridgehead atoms. The fourth-order valence-electron chi connectivity index (χ4n) is 0.407. The van der Waals surface area contributed by atoms with Crippen molar-refractivity contribution in [2.24, 2.45) is 11.7 Å². The molecule has 1 atom stereocenters. The lowest BCUT2D eigenvalue weighted by molar-refractivity contribution is 0.739. The summed E-state index contributed by atoms with van der Waals surface area (Å²) in [5.74, 6) is 0.474. The van der Waals surface area contributed by atoms with E-state index in [2.05, 4.69) is 19.6 Å². The monoisotopic (exact) mass is 125 g/mol. The molecule has 0 heterocycles. The largest absolute Gasteiger partial charge is 0.330 e. The van der Waals surface area contributed by atoms with Crippen LogP contribution in [-0.2, 0) is 0 Å². The number of nitrogens with two attached hydrogens (primary N) is 1. The van der Waals surface area contributed by atoms with Crippen molar-refractivity contribution in [3.63, 3.8) is 0 Å². The van der Waals surface area contributed by atoms with E-state index in [1.807, 2.05) is 13.0 Å². The molecule has 0 aliphatic heterocycles. The second kappa shape index (κ2) is 4.33. The van der Waals surface area contributed by atoms with Gasteiger partial charge in [0.1, 0.15) is 0 Å². The Bertz CT molecular complexity index is 114. The maximum atomic E-state index is 5.38. The minimum Gasteiger partial charge on any atom is -0.330 e. The molecule has 0 radical (unpaired) electrons. The summed E-state index contributed by atoms with van der Waals surface area (Å²) in [7, 11) is 0. The van der Waals surface area contributed by atoms with Crippen LogP contribution in [0.15, 0.2) is 24.3 Å². The summed E-state index contributed by atoms with van der Waals surface area (Å²) < 4.78 is 0. The molecule has 0 amide bonds. The van der Waals surface area contributed by atoms with E-state index in [4.69, 9.17) is 5.73 Å². The van der Waals surface area contributed by atoms with Crippen molar-refractivity contribution in [3.05, 3.63) is 24.3 Å². The smallest absolute Gasteiger partial charge is 0.00167 e. The van der Waals surface area contributed by atoms with Crippen molar-refractivity contribution in [3.8, 4) is 0 Å². The summed E-state index contributed by atoms with van der Waals surface area (Å²) in [4.78, 5) is 0. The van der Waals surface area contributed by atoms with Crippen LogP contribution in [0.4, 0.5) is 0 Å². The first-order chi connectivity index (χ1) is 4.16. The highest BCUT2D eigenvalue weighted by molar-refractivity contribution is 5.11. The van der Waals surface area contributed by atoms with E-state index in [0.29, 0.717) is 12.5 Å². The molecule has 2 N–H and O–H groups in total. The van der Waals surface area contributed by atoms with Crippen LogP contribution >= 0.6 is 0 Å². The molecule has 1 nitrogen and oxygen atoms in total. The van der Waals surface area contributed by atoms with Crippen LogP contribution in [-0.4, -0.2) is 6.54 Å². The van der Waals surface area contributed by atoms with Crippen molar-refractivity contribution in [1.29, 1.82) is 0 Å². The summed E-state index contributed by atoms with van der Waals surface area (Å²) in [5, 5.41) is 0. The fourth-order valence-corrected chi connectivity index (χ4v) is 0.407. The van der Waals surface area contributed by atoms with Gasteiger partial charge in [-0.25, -0.2) is 0 Å². The molecule has 1 heteroatoms. The second-order valence-electron chi connectivity index (χ2n) is 2.42. The average molecular weight is 125 g/mol. The highest BCUT2D eigenvalue weighted by Gasteiger charge is 1.88. The molecule has 0 aromatic carbocycles. The van der Waals surface area contributed by atoms with E-state index in [1.54, 1.807) is 0 Å². The Morgan fingerprint density at radius 2 is 2.33 bits per heavy atom. The van der Waals surface area contributed by atoms with Crippen molar-refractivity contribution in [2.75, 3.05) is 6.54 Å². The summed E-state index contributed by atoms with van der Waals surface area (Å²) in [6.07, 6.45) is 4.07. The molecule has 0 fully saturated rings. The fraction of sp³-hybridized carbons (Fsp3) is 0.500. The topological polar surface area (TPSA) is 26.0 Å². The third-order valence-corrected chi connectivity index (χ3v) is 1.08. The van der Waals surface area contributed by atoms with E-state index in [1.165, 1.54) is 0 Å². The van der Waals surface area contributed by atoms with Gasteiger partial charge in [-0.05, 0) is 19.4 Å². The molecule has 0 aromatic heterocycles. The second-order valence-corrected chi connectivity index (χ2v) is 2.42. The van der Waals surface area contributed by atoms with Crippen LogP contribution < -0.4 is 5.73 Å². The van der Waals surface area contributed by atoms with Gasteiger partial charge in [0.05, 0.1) is 0 Å². The molecule has 9 heavy (non-hydrogen) atoms. The van der Waals surface area contributed by atoms with Crippen LogP contribution in [0.1, 0.15) is 13.8 Å². The average Bonchev–Trinajstić information content (AvgIpc) is 1.83. The van der Waals surface area contributed by atoms with Gasteiger partial charge in [0, 0.05) is 0 Å². The molecule has 0 aromatic rings. The zero-order chi connectivity index (χ0) is 7.28. The van der Waals surface area contributed by atoms with E-state index in [0.717, 1.165) is 5.57 Å². The molecule has 0 saturated carbocycles. The summed E-state index contributed by atoms with van der Waals surface area (Å²) in [6.45, 7) is 8.50. The highest BCUT2D eigenvalue weighted by Crippen LogP contribution is 1.96. The van der Waals surface area contributed by atoms with Crippen molar-refractivity contribution in [2.45, 2.75) is 13.8 Å². The lowest BCUT2D eigenvalue weighted by atomic mass is 10.1. The Morgan fingerprint density at radius 1 is 1.78 bits per heavy atom. The third-order valence-electron chi connectivity index (χ3n) is 1.08. The molecular weight excluding hydrogens is 110 g/mol. The maximum absolute atomic E-state index is 5.38. The summed E-state index contributed by atoms with van der Waals surface area (Å²) in [5.41, 5.74) is 6.46. The predicted molar refractivity (Wildman–Crippen MR) is 42.2 cm³/mol. The van der Waals surface area contributed by atoms with E-state index in [-0.39, 0.29) is 0 Å². The first-order valence-electron chi connectivity index (χ1n) is 3.20. The van der Waals surface area contributed by atoms with E-state index >= 15 is 0 Å². The first kappa shape index (κ1) is 8.44. The lowest BCUT2D eigenvalue weighted by Crippen LogP contribution is -2.07. The lowest BCUT2D eigenvalue weighted by Gasteiger charge is -1.97. The number of hydrogen-bond acceptors (Lipinski definition) is 1. The van der Waals surface area contributed by atoms with Crippen LogP contribution in [0.3, 0.4) is 0 Å². The predicted octanol–water partition coefficient (Wildman–Crippen LogP) is 1.71. The third kappa shape index (κ3) is 5.31. The molecular formula is C8H15N. The maximum Gasteiger partial charge on any atom is -0.00167 e. The standard InChI is InChI=1S/C8H15N/c1-7(2)4-5-8(3)6-9/h4-5,8H,1,6,9H2,2-3H3/b5-4-/t8-/m0/s1. The quantitative estimate of drug-likeness (QED) is 0.571. The van der Waals surface area contributed by atoms with Gasteiger partial charge >= 0.3 is 0 Å².